The highest BCUT2D eigenvalue weighted by Crippen LogP contribution is 2.32. The van der Waals surface area contributed by atoms with Gasteiger partial charge in [0.1, 0.15) is 0 Å². The molecule has 3 rings (SSSR count). The summed E-state index contributed by atoms with van der Waals surface area (Å²) >= 11 is 11.1. The summed E-state index contributed by atoms with van der Waals surface area (Å²) in [4.78, 5) is 15.4. The highest BCUT2D eigenvalue weighted by molar-refractivity contribution is 7.71. The van der Waals surface area contributed by atoms with Crippen molar-refractivity contribution in [1.82, 2.24) is 9.55 Å². The van der Waals surface area contributed by atoms with Crippen molar-refractivity contribution in [2.45, 2.75) is 6.18 Å². The van der Waals surface area contributed by atoms with E-state index in [2.05, 4.69) is 4.98 Å². The third-order valence-corrected chi connectivity index (χ3v) is 3.92. The maximum atomic E-state index is 12.9. The first-order valence-electron chi connectivity index (χ1n) is 6.40. The molecule has 2 aromatic carbocycles. The van der Waals surface area contributed by atoms with E-state index in [0.29, 0.717) is 10.9 Å². The average Bonchev–Trinajstić information content (AvgIpc) is 2.48. The second-order valence-corrected chi connectivity index (χ2v) is 5.57. The molecule has 0 saturated carbocycles. The van der Waals surface area contributed by atoms with Gasteiger partial charge in [-0.3, -0.25) is 9.36 Å². The van der Waals surface area contributed by atoms with Crippen LogP contribution in [0.15, 0.2) is 47.3 Å². The molecule has 118 valence electrons. The Labute approximate surface area is 138 Å². The summed E-state index contributed by atoms with van der Waals surface area (Å²) in [5.74, 6) is 0. The molecule has 0 amide bonds. The maximum Gasteiger partial charge on any atom is 0.416 e. The number of alkyl halides is 3. The van der Waals surface area contributed by atoms with Crippen molar-refractivity contribution in [3.63, 3.8) is 0 Å². The highest BCUT2D eigenvalue weighted by atomic mass is 35.5. The average molecular weight is 357 g/mol. The van der Waals surface area contributed by atoms with Crippen molar-refractivity contribution >= 4 is 34.7 Å². The fraction of sp³-hybridized carbons (Fsp3) is 0.0667. The van der Waals surface area contributed by atoms with Gasteiger partial charge in [-0.05, 0) is 42.5 Å². The van der Waals surface area contributed by atoms with Crippen molar-refractivity contribution in [3.05, 3.63) is 68.2 Å². The Morgan fingerprint density at radius 3 is 2.52 bits per heavy atom. The molecule has 1 N–H and O–H groups in total. The number of aromatic amines is 1. The van der Waals surface area contributed by atoms with Gasteiger partial charge >= 0.3 is 6.18 Å². The lowest BCUT2D eigenvalue weighted by Crippen LogP contribution is -2.21. The predicted molar refractivity (Wildman–Crippen MR) is 84.7 cm³/mol. The second kappa shape index (κ2) is 5.50. The number of nitrogens with zero attached hydrogens (tertiary/aromatic N) is 1. The van der Waals surface area contributed by atoms with Crippen LogP contribution in [0.1, 0.15) is 5.56 Å². The molecule has 0 spiro atoms. The molecule has 0 unspecified atom stereocenters. The molecule has 0 saturated heterocycles. The number of para-hydroxylation sites is 1. The van der Waals surface area contributed by atoms with Crippen LogP contribution in [0, 0.1) is 4.77 Å². The van der Waals surface area contributed by atoms with Gasteiger partial charge in [-0.25, -0.2) is 0 Å². The van der Waals surface area contributed by atoms with Crippen LogP contribution < -0.4 is 5.56 Å². The lowest BCUT2D eigenvalue weighted by atomic mass is 10.2. The van der Waals surface area contributed by atoms with Gasteiger partial charge in [0.2, 0.25) is 0 Å². The van der Waals surface area contributed by atoms with Crippen molar-refractivity contribution in [1.29, 1.82) is 0 Å². The number of benzene rings is 2. The Morgan fingerprint density at radius 2 is 1.83 bits per heavy atom. The Kier molecular flexibility index (Phi) is 3.77. The van der Waals surface area contributed by atoms with Crippen LogP contribution in [0.25, 0.3) is 16.6 Å². The Balaban J connectivity index is 2.38. The van der Waals surface area contributed by atoms with Crippen LogP contribution in [-0.4, -0.2) is 9.55 Å². The zero-order valence-corrected chi connectivity index (χ0v) is 12.9. The van der Waals surface area contributed by atoms with E-state index < -0.39 is 17.3 Å². The predicted octanol–water partition coefficient (Wildman–Crippen LogP) is 4.72. The maximum absolute atomic E-state index is 12.9. The van der Waals surface area contributed by atoms with Crippen molar-refractivity contribution in [2.75, 3.05) is 0 Å². The zero-order valence-electron chi connectivity index (χ0n) is 11.3. The standard InChI is InChI=1S/C15H8ClF3N2OS/c16-10-6-5-8(15(17,18)19)7-12(10)21-13(22)9-3-1-2-4-11(9)20-14(21)23/h1-7H,(H,20,23). The zero-order chi connectivity index (χ0) is 16.8. The molecule has 3 nitrogen and oxygen atoms in total. The number of aromatic nitrogens is 2. The van der Waals surface area contributed by atoms with Crippen LogP contribution in [0.3, 0.4) is 0 Å². The summed E-state index contributed by atoms with van der Waals surface area (Å²) in [5.41, 5.74) is -1.06. The molecule has 0 atom stereocenters. The molecule has 0 aliphatic heterocycles. The van der Waals surface area contributed by atoms with Gasteiger partial charge in [0.05, 0.1) is 27.2 Å². The summed E-state index contributed by atoms with van der Waals surface area (Å²) in [6.07, 6.45) is -4.55. The van der Waals surface area contributed by atoms with Gasteiger partial charge in [0, 0.05) is 0 Å². The fourth-order valence-electron chi connectivity index (χ4n) is 2.24. The van der Waals surface area contributed by atoms with E-state index >= 15 is 0 Å². The van der Waals surface area contributed by atoms with E-state index in [-0.39, 0.29) is 15.5 Å². The van der Waals surface area contributed by atoms with Gasteiger partial charge < -0.3 is 4.98 Å². The topological polar surface area (TPSA) is 37.8 Å². The Morgan fingerprint density at radius 1 is 1.13 bits per heavy atom. The molecule has 1 aromatic heterocycles. The number of hydrogen-bond donors (Lipinski definition) is 1. The Bertz CT molecular complexity index is 1020. The van der Waals surface area contributed by atoms with E-state index in [4.69, 9.17) is 23.8 Å². The number of H-pyrrole nitrogens is 1. The summed E-state index contributed by atoms with van der Waals surface area (Å²) in [6, 6.07) is 9.34. The van der Waals surface area contributed by atoms with Crippen LogP contribution in [0.5, 0.6) is 0 Å². The molecule has 0 bridgehead atoms. The minimum atomic E-state index is -4.55. The van der Waals surface area contributed by atoms with Crippen LogP contribution in [0.4, 0.5) is 13.2 Å². The molecule has 8 heteroatoms. The number of nitrogens with one attached hydrogen (secondary N) is 1. The smallest absolute Gasteiger partial charge is 0.331 e. The molecule has 23 heavy (non-hydrogen) atoms. The molecule has 0 aliphatic carbocycles. The summed E-state index contributed by atoms with van der Waals surface area (Å²) < 4.78 is 39.7. The van der Waals surface area contributed by atoms with Crippen LogP contribution in [0.2, 0.25) is 5.02 Å². The minimum Gasteiger partial charge on any atom is -0.331 e. The number of halogens is 4. The number of rotatable bonds is 1. The molecular formula is C15H8ClF3N2OS. The lowest BCUT2D eigenvalue weighted by Gasteiger charge is -2.13. The van der Waals surface area contributed by atoms with Gasteiger partial charge in [-0.15, -0.1) is 0 Å². The second-order valence-electron chi connectivity index (χ2n) is 4.78. The first kappa shape index (κ1) is 15.8. The molecule has 3 aromatic rings. The first-order chi connectivity index (χ1) is 10.8. The quantitative estimate of drug-likeness (QED) is 0.641. The van der Waals surface area contributed by atoms with E-state index in [1.807, 2.05) is 0 Å². The van der Waals surface area contributed by atoms with E-state index in [9.17, 15) is 18.0 Å². The van der Waals surface area contributed by atoms with Crippen molar-refractivity contribution in [3.8, 4) is 5.69 Å². The lowest BCUT2D eigenvalue weighted by molar-refractivity contribution is -0.137. The van der Waals surface area contributed by atoms with Gasteiger partial charge in [0.15, 0.2) is 4.77 Å². The third-order valence-electron chi connectivity index (χ3n) is 3.32. The summed E-state index contributed by atoms with van der Waals surface area (Å²) in [5, 5.41) is 0.296. The number of fused-ring (bicyclic) bond motifs is 1. The molecule has 0 aliphatic rings. The van der Waals surface area contributed by atoms with E-state index in [1.54, 1.807) is 24.3 Å². The third kappa shape index (κ3) is 2.77. The van der Waals surface area contributed by atoms with Gasteiger partial charge in [0.25, 0.3) is 5.56 Å². The van der Waals surface area contributed by atoms with Crippen LogP contribution in [-0.2, 0) is 6.18 Å². The van der Waals surface area contributed by atoms with Crippen molar-refractivity contribution < 1.29 is 13.2 Å². The molecule has 1 heterocycles. The fourth-order valence-corrected chi connectivity index (χ4v) is 2.73. The largest absolute Gasteiger partial charge is 0.416 e. The molecule has 0 radical (unpaired) electrons. The Hall–Kier alpha value is -2.12. The highest BCUT2D eigenvalue weighted by Gasteiger charge is 2.31. The minimum absolute atomic E-state index is 0.00474. The van der Waals surface area contributed by atoms with Crippen LogP contribution >= 0.6 is 23.8 Å². The molecule has 0 fully saturated rings. The van der Waals surface area contributed by atoms with Gasteiger partial charge in [-0.2, -0.15) is 13.2 Å². The monoisotopic (exact) mass is 356 g/mol. The first-order valence-corrected chi connectivity index (χ1v) is 7.19. The normalized spacial score (nSPS) is 11.8. The summed E-state index contributed by atoms with van der Waals surface area (Å²) in [7, 11) is 0. The van der Waals surface area contributed by atoms with Gasteiger partial charge in [-0.1, -0.05) is 23.7 Å². The van der Waals surface area contributed by atoms with E-state index in [1.165, 1.54) is 0 Å². The number of hydrogen-bond acceptors (Lipinski definition) is 2. The SMILES string of the molecule is O=c1c2ccccc2[nH]c(=S)n1-c1cc(C(F)(F)F)ccc1Cl. The van der Waals surface area contributed by atoms with E-state index in [0.717, 1.165) is 22.8 Å². The summed E-state index contributed by atoms with van der Waals surface area (Å²) in [6.45, 7) is 0. The molecular weight excluding hydrogens is 349 g/mol. The van der Waals surface area contributed by atoms with Crippen molar-refractivity contribution in [2.24, 2.45) is 0 Å².